The van der Waals surface area contributed by atoms with Crippen LogP contribution in [0, 0.1) is 0 Å². The Bertz CT molecular complexity index is 1090. The van der Waals surface area contributed by atoms with Gasteiger partial charge in [-0.1, -0.05) is 18.2 Å². The van der Waals surface area contributed by atoms with E-state index >= 15 is 0 Å². The van der Waals surface area contributed by atoms with Crippen molar-refractivity contribution >= 4 is 18.2 Å². The van der Waals surface area contributed by atoms with E-state index < -0.39 is 0 Å². The Labute approximate surface area is 244 Å². The number of piperidine rings is 2. The Balaban J connectivity index is 0.00000124. The number of nitrogens with two attached hydrogens (primary N) is 1. The molecule has 9 nitrogen and oxygen atoms in total. The third-order valence-corrected chi connectivity index (χ3v) is 8.54. The van der Waals surface area contributed by atoms with Crippen LogP contribution in [0.5, 0.6) is 11.5 Å². The van der Waals surface area contributed by atoms with Crippen molar-refractivity contribution in [1.29, 1.82) is 0 Å². The van der Waals surface area contributed by atoms with E-state index in [0.717, 1.165) is 88.3 Å². The predicted molar refractivity (Wildman–Crippen MR) is 161 cm³/mol. The van der Waals surface area contributed by atoms with Crippen molar-refractivity contribution in [3.05, 3.63) is 53.6 Å². The van der Waals surface area contributed by atoms with Crippen LogP contribution < -0.4 is 20.5 Å². The number of ether oxygens (including phenoxy) is 2. The van der Waals surface area contributed by atoms with Crippen LogP contribution in [0.4, 0.5) is 10.5 Å². The molecular formula is C32H46N4O5. The summed E-state index contributed by atoms with van der Waals surface area (Å²) in [5.74, 6) is 2.13. The van der Waals surface area contributed by atoms with Gasteiger partial charge in [0.25, 0.3) is 6.47 Å². The fourth-order valence-corrected chi connectivity index (χ4v) is 6.21. The van der Waals surface area contributed by atoms with Gasteiger partial charge in [-0.3, -0.25) is 4.79 Å². The van der Waals surface area contributed by atoms with Crippen molar-refractivity contribution in [2.75, 3.05) is 45.2 Å². The molecule has 0 unspecified atom stereocenters. The maximum Gasteiger partial charge on any atom is 0.320 e. The van der Waals surface area contributed by atoms with E-state index in [0.29, 0.717) is 24.6 Å². The molecule has 224 valence electrons. The van der Waals surface area contributed by atoms with Crippen molar-refractivity contribution < 1.29 is 24.2 Å². The molecule has 41 heavy (non-hydrogen) atoms. The monoisotopic (exact) mass is 566 g/mol. The summed E-state index contributed by atoms with van der Waals surface area (Å²) in [6, 6.07) is 15.6. The molecule has 2 aromatic carbocycles. The zero-order chi connectivity index (χ0) is 29.0. The second-order valence-electron chi connectivity index (χ2n) is 11.2. The van der Waals surface area contributed by atoms with Gasteiger partial charge < -0.3 is 35.4 Å². The molecule has 1 aliphatic carbocycles. The molecule has 0 aromatic heterocycles. The number of likely N-dealkylation sites (tertiary alicyclic amines) is 2. The van der Waals surface area contributed by atoms with Crippen LogP contribution in [0.1, 0.15) is 68.4 Å². The first kappa shape index (κ1) is 30.5. The minimum Gasteiger partial charge on any atom is -0.493 e. The third-order valence-electron chi connectivity index (χ3n) is 8.54. The summed E-state index contributed by atoms with van der Waals surface area (Å²) in [5, 5.41) is 10.5. The highest BCUT2D eigenvalue weighted by molar-refractivity contribution is 5.74. The molecule has 1 saturated carbocycles. The zero-order valence-corrected chi connectivity index (χ0v) is 24.3. The van der Waals surface area contributed by atoms with Crippen LogP contribution in [0.2, 0.25) is 0 Å². The number of hydrogen-bond acceptors (Lipinski definition) is 6. The van der Waals surface area contributed by atoms with Crippen molar-refractivity contribution in [3.63, 3.8) is 0 Å². The molecule has 0 atom stereocenters. The number of amides is 2. The van der Waals surface area contributed by atoms with Gasteiger partial charge in [0.2, 0.25) is 0 Å². The minimum atomic E-state index is -0.250. The molecular weight excluding hydrogens is 520 g/mol. The number of hydrogen-bond donors (Lipinski definition) is 3. The second-order valence-corrected chi connectivity index (χ2v) is 11.2. The summed E-state index contributed by atoms with van der Waals surface area (Å²) in [4.78, 5) is 25.7. The number of anilines is 1. The molecule has 0 radical (unpaired) electrons. The molecule has 2 saturated heterocycles. The van der Waals surface area contributed by atoms with Crippen LogP contribution in [0.25, 0.3) is 0 Å². The lowest BCUT2D eigenvalue weighted by atomic mass is 9.89. The Kier molecular flexibility index (Phi) is 11.5. The SMILES string of the molecule is COc1ccc(C2CCN(C(=O)N3CCC(Nc4ccc(CCN)cc4)CC3)CC2)cc1OC1CCCC1.O=CO. The molecule has 9 heteroatoms. The molecule has 0 spiro atoms. The number of benzene rings is 2. The first-order valence-corrected chi connectivity index (χ1v) is 15.1. The van der Waals surface area contributed by atoms with Crippen LogP contribution in [-0.4, -0.2) is 79.4 Å². The summed E-state index contributed by atoms with van der Waals surface area (Å²) in [5.41, 5.74) is 9.37. The van der Waals surface area contributed by atoms with Crippen LogP contribution in [0.3, 0.4) is 0 Å². The van der Waals surface area contributed by atoms with Crippen LogP contribution in [0.15, 0.2) is 42.5 Å². The average Bonchev–Trinajstić information content (AvgIpc) is 3.52. The standard InChI is InChI=1S/C31H44N4O3.CH2O2/c1-37-29-11-8-25(22-30(29)38-28-4-2-3-5-28)24-13-18-34(19-14-24)31(36)35-20-15-27(16-21-35)33-26-9-6-23(7-10-26)12-17-32;2-1-3/h6-11,22,24,27-28,33H,2-5,12-21,32H2,1H3;1H,(H,2,3). The third kappa shape index (κ3) is 8.52. The summed E-state index contributed by atoms with van der Waals surface area (Å²) in [6.07, 6.45) is 9.89. The normalized spacial score (nSPS) is 18.4. The second kappa shape index (κ2) is 15.5. The number of rotatable bonds is 8. The van der Waals surface area contributed by atoms with Gasteiger partial charge in [0.1, 0.15) is 0 Å². The summed E-state index contributed by atoms with van der Waals surface area (Å²) >= 11 is 0. The van der Waals surface area contributed by atoms with E-state index in [1.807, 2.05) is 11.0 Å². The molecule has 2 aliphatic heterocycles. The quantitative estimate of drug-likeness (QED) is 0.381. The minimum absolute atomic E-state index is 0.202. The average molecular weight is 567 g/mol. The Hall–Kier alpha value is -3.46. The van der Waals surface area contributed by atoms with Gasteiger partial charge >= 0.3 is 6.03 Å². The topological polar surface area (TPSA) is 117 Å². The fraction of sp³-hybridized carbons (Fsp3) is 0.562. The first-order chi connectivity index (χ1) is 20.0. The van der Waals surface area contributed by atoms with Gasteiger partial charge in [-0.25, -0.2) is 4.79 Å². The van der Waals surface area contributed by atoms with Gasteiger partial charge in [-0.05, 0) is 106 Å². The maximum atomic E-state index is 13.3. The summed E-state index contributed by atoms with van der Waals surface area (Å²) in [7, 11) is 1.71. The lowest BCUT2D eigenvalue weighted by Crippen LogP contribution is -2.50. The van der Waals surface area contributed by atoms with Gasteiger partial charge in [0.15, 0.2) is 11.5 Å². The van der Waals surface area contributed by atoms with Crippen molar-refractivity contribution in [2.45, 2.75) is 75.9 Å². The molecule has 5 rings (SSSR count). The highest BCUT2D eigenvalue weighted by Gasteiger charge is 2.30. The van der Waals surface area contributed by atoms with Crippen LogP contribution >= 0.6 is 0 Å². The smallest absolute Gasteiger partial charge is 0.320 e. The number of nitrogens with one attached hydrogen (secondary N) is 1. The van der Waals surface area contributed by atoms with Gasteiger partial charge in [-0.2, -0.15) is 0 Å². The molecule has 3 aliphatic rings. The van der Waals surface area contributed by atoms with Gasteiger partial charge in [0.05, 0.1) is 13.2 Å². The number of urea groups is 1. The zero-order valence-electron chi connectivity index (χ0n) is 24.3. The van der Waals surface area contributed by atoms with Gasteiger partial charge in [-0.15, -0.1) is 0 Å². The molecule has 3 fully saturated rings. The molecule has 0 bridgehead atoms. The van der Waals surface area contributed by atoms with E-state index in [1.165, 1.54) is 24.0 Å². The number of methoxy groups -OCH3 is 1. The van der Waals surface area contributed by atoms with Gasteiger partial charge in [0, 0.05) is 37.9 Å². The highest BCUT2D eigenvalue weighted by Crippen LogP contribution is 2.37. The van der Waals surface area contributed by atoms with Crippen molar-refractivity contribution in [1.82, 2.24) is 9.80 Å². The molecule has 2 amide bonds. The Morgan fingerprint density at radius 3 is 2.15 bits per heavy atom. The fourth-order valence-electron chi connectivity index (χ4n) is 6.21. The van der Waals surface area contributed by atoms with Crippen LogP contribution in [-0.2, 0) is 11.2 Å². The summed E-state index contributed by atoms with van der Waals surface area (Å²) < 4.78 is 11.9. The number of carboxylic acid groups (broad SMARTS) is 1. The number of carbonyl (C=O) groups excluding carboxylic acids is 1. The lowest BCUT2D eigenvalue weighted by molar-refractivity contribution is -0.122. The largest absolute Gasteiger partial charge is 0.493 e. The predicted octanol–water partition coefficient (Wildman–Crippen LogP) is 5.09. The summed E-state index contributed by atoms with van der Waals surface area (Å²) in [6.45, 7) is 3.65. The van der Waals surface area contributed by atoms with Crippen molar-refractivity contribution in [3.8, 4) is 11.5 Å². The van der Waals surface area contributed by atoms with E-state index in [1.54, 1.807) is 7.11 Å². The number of carbonyl (C=O) groups is 2. The van der Waals surface area contributed by atoms with E-state index in [4.69, 9.17) is 25.1 Å². The molecule has 4 N–H and O–H groups in total. The van der Waals surface area contributed by atoms with Crippen molar-refractivity contribution in [2.24, 2.45) is 5.73 Å². The Morgan fingerprint density at radius 1 is 0.951 bits per heavy atom. The molecule has 2 heterocycles. The molecule has 2 aromatic rings. The first-order valence-electron chi connectivity index (χ1n) is 15.1. The number of nitrogens with zero attached hydrogens (tertiary/aromatic N) is 2. The van der Waals surface area contributed by atoms with E-state index in [2.05, 4.69) is 46.6 Å². The highest BCUT2D eigenvalue weighted by atomic mass is 16.5. The lowest BCUT2D eigenvalue weighted by Gasteiger charge is -2.39. The maximum absolute atomic E-state index is 13.3. The van der Waals surface area contributed by atoms with E-state index in [-0.39, 0.29) is 12.5 Å². The van der Waals surface area contributed by atoms with E-state index in [9.17, 15) is 4.79 Å². The Morgan fingerprint density at radius 2 is 1.56 bits per heavy atom.